The Bertz CT molecular complexity index is 1070. The first kappa shape index (κ1) is 22.6. The minimum absolute atomic E-state index is 0.220. The van der Waals surface area contributed by atoms with Gasteiger partial charge in [-0.05, 0) is 63.1 Å². The number of thioether (sulfide) groups is 1. The van der Waals surface area contributed by atoms with Gasteiger partial charge in [0.05, 0.1) is 11.0 Å². The molecule has 2 aliphatic heterocycles. The second-order valence-electron chi connectivity index (χ2n) is 9.30. The Morgan fingerprint density at radius 2 is 1.73 bits per heavy atom. The van der Waals surface area contributed by atoms with Gasteiger partial charge in [-0.15, -0.1) is 0 Å². The molecule has 0 spiro atoms. The van der Waals surface area contributed by atoms with E-state index >= 15 is 0 Å². The van der Waals surface area contributed by atoms with E-state index in [1.807, 2.05) is 18.5 Å². The number of benzene rings is 1. The number of nitrogen functional groups attached to an aromatic ring is 1. The number of fused-ring (bicyclic) bond motifs is 1. The molecule has 2 aliphatic rings. The third-order valence-electron chi connectivity index (χ3n) is 7.08. The molecule has 7 nitrogen and oxygen atoms in total. The molecule has 4 heterocycles. The molecule has 2 aromatic heterocycles. The summed E-state index contributed by atoms with van der Waals surface area (Å²) < 4.78 is 16.0. The maximum absolute atomic E-state index is 13.7. The number of piperidine rings is 2. The molecule has 3 aromatic rings. The summed E-state index contributed by atoms with van der Waals surface area (Å²) in [7, 11) is 0. The molecule has 2 saturated heterocycles. The van der Waals surface area contributed by atoms with Crippen LogP contribution in [-0.4, -0.2) is 68.3 Å². The summed E-state index contributed by atoms with van der Waals surface area (Å²) in [6.07, 6.45) is 10.4. The van der Waals surface area contributed by atoms with E-state index in [4.69, 9.17) is 5.73 Å². The van der Waals surface area contributed by atoms with Gasteiger partial charge >= 0.3 is 0 Å². The van der Waals surface area contributed by atoms with Crippen molar-refractivity contribution < 1.29 is 4.39 Å². The zero-order chi connectivity index (χ0) is 22.8. The molecule has 0 amide bonds. The van der Waals surface area contributed by atoms with Gasteiger partial charge < -0.3 is 15.2 Å². The number of hydrogen-bond acceptors (Lipinski definition) is 7. The van der Waals surface area contributed by atoms with E-state index in [2.05, 4.69) is 35.6 Å². The first-order valence-corrected chi connectivity index (χ1v) is 13.0. The van der Waals surface area contributed by atoms with Crippen molar-refractivity contribution in [3.8, 4) is 0 Å². The maximum Gasteiger partial charge on any atom is 0.219 e. The van der Waals surface area contributed by atoms with Gasteiger partial charge in [0.15, 0.2) is 5.16 Å². The number of aromatic nitrogens is 4. The molecule has 0 radical (unpaired) electrons. The SMILES string of the molecule is CSc1nc2cc(F)ccc2n1C1CCN(CC2CCN(Cc3cnc(N)nc3)CC2)CC1. The van der Waals surface area contributed by atoms with Crippen molar-refractivity contribution in [3.63, 3.8) is 0 Å². The summed E-state index contributed by atoms with van der Waals surface area (Å²) in [6.45, 7) is 6.57. The summed E-state index contributed by atoms with van der Waals surface area (Å²) in [5.41, 5.74) is 8.53. The van der Waals surface area contributed by atoms with Gasteiger partial charge in [-0.2, -0.15) is 0 Å². The summed E-state index contributed by atoms with van der Waals surface area (Å²) in [6, 6.07) is 5.41. The number of hydrogen-bond donors (Lipinski definition) is 1. The molecule has 176 valence electrons. The fraction of sp³-hybridized carbons (Fsp3) is 0.542. The fourth-order valence-electron chi connectivity index (χ4n) is 5.30. The molecule has 0 bridgehead atoms. The summed E-state index contributed by atoms with van der Waals surface area (Å²) >= 11 is 1.65. The molecule has 1 aromatic carbocycles. The Morgan fingerprint density at radius 1 is 1.03 bits per heavy atom. The van der Waals surface area contributed by atoms with Crippen molar-refractivity contribution in [2.24, 2.45) is 5.92 Å². The lowest BCUT2D eigenvalue weighted by Crippen LogP contribution is -2.41. The quantitative estimate of drug-likeness (QED) is 0.550. The predicted octanol–water partition coefficient (Wildman–Crippen LogP) is 3.82. The van der Waals surface area contributed by atoms with Crippen LogP contribution in [0.25, 0.3) is 11.0 Å². The molecule has 0 aliphatic carbocycles. The van der Waals surface area contributed by atoms with E-state index in [0.29, 0.717) is 12.0 Å². The van der Waals surface area contributed by atoms with Crippen LogP contribution in [0.2, 0.25) is 0 Å². The van der Waals surface area contributed by atoms with Crippen LogP contribution in [0.1, 0.15) is 37.3 Å². The third-order valence-corrected chi connectivity index (χ3v) is 7.73. The van der Waals surface area contributed by atoms with E-state index < -0.39 is 0 Å². The van der Waals surface area contributed by atoms with Gasteiger partial charge in [0.1, 0.15) is 5.82 Å². The normalized spacial score (nSPS) is 19.5. The summed E-state index contributed by atoms with van der Waals surface area (Å²) in [4.78, 5) is 18.0. The highest BCUT2D eigenvalue weighted by molar-refractivity contribution is 7.98. The smallest absolute Gasteiger partial charge is 0.219 e. The molecule has 9 heteroatoms. The number of imidazole rings is 1. The van der Waals surface area contributed by atoms with Crippen molar-refractivity contribution in [1.29, 1.82) is 0 Å². The van der Waals surface area contributed by atoms with Gasteiger partial charge in [0.2, 0.25) is 5.95 Å². The monoisotopic (exact) mass is 469 g/mol. The third kappa shape index (κ3) is 5.15. The molecule has 0 saturated carbocycles. The number of rotatable bonds is 6. The Kier molecular flexibility index (Phi) is 6.80. The molecular weight excluding hydrogens is 437 g/mol. The first-order valence-electron chi connectivity index (χ1n) is 11.8. The van der Waals surface area contributed by atoms with E-state index in [-0.39, 0.29) is 5.82 Å². The van der Waals surface area contributed by atoms with Crippen LogP contribution in [0.3, 0.4) is 0 Å². The Labute approximate surface area is 198 Å². The summed E-state index contributed by atoms with van der Waals surface area (Å²) in [5.74, 6) is 0.878. The second-order valence-corrected chi connectivity index (χ2v) is 10.1. The Morgan fingerprint density at radius 3 is 2.42 bits per heavy atom. The first-order chi connectivity index (χ1) is 16.1. The van der Waals surface area contributed by atoms with E-state index in [9.17, 15) is 4.39 Å². The van der Waals surface area contributed by atoms with Crippen LogP contribution in [0.4, 0.5) is 10.3 Å². The second kappa shape index (κ2) is 9.95. The molecule has 0 atom stereocenters. The number of halogens is 1. The highest BCUT2D eigenvalue weighted by Crippen LogP contribution is 2.33. The van der Waals surface area contributed by atoms with E-state index in [1.54, 1.807) is 23.9 Å². The van der Waals surface area contributed by atoms with E-state index in [1.165, 1.54) is 19.4 Å². The number of nitrogens with two attached hydrogens (primary N) is 1. The minimum atomic E-state index is -0.220. The number of anilines is 1. The van der Waals surface area contributed by atoms with Crippen LogP contribution in [0.15, 0.2) is 35.7 Å². The Hall–Kier alpha value is -2.23. The lowest BCUT2D eigenvalue weighted by atomic mass is 9.94. The van der Waals surface area contributed by atoms with Gasteiger partial charge in [-0.25, -0.2) is 19.3 Å². The summed E-state index contributed by atoms with van der Waals surface area (Å²) in [5, 5.41) is 0.993. The molecule has 0 unspecified atom stereocenters. The van der Waals surface area contributed by atoms with Crippen molar-refractivity contribution >= 4 is 28.7 Å². The average molecular weight is 470 g/mol. The lowest BCUT2D eigenvalue weighted by molar-refractivity contribution is 0.115. The van der Waals surface area contributed by atoms with Gasteiger partial charge in [-0.3, -0.25) is 4.90 Å². The zero-order valence-corrected chi connectivity index (χ0v) is 20.0. The Balaban J connectivity index is 1.12. The van der Waals surface area contributed by atoms with Crippen molar-refractivity contribution in [3.05, 3.63) is 42.0 Å². The number of nitrogens with zero attached hydrogens (tertiary/aromatic N) is 6. The molecule has 33 heavy (non-hydrogen) atoms. The van der Waals surface area contributed by atoms with Crippen LogP contribution in [0, 0.1) is 11.7 Å². The van der Waals surface area contributed by atoms with Crippen LogP contribution < -0.4 is 5.73 Å². The van der Waals surface area contributed by atoms with Crippen LogP contribution in [0.5, 0.6) is 0 Å². The van der Waals surface area contributed by atoms with E-state index in [0.717, 1.165) is 73.2 Å². The van der Waals surface area contributed by atoms with Crippen molar-refractivity contribution in [2.45, 2.75) is 43.4 Å². The molecule has 5 rings (SSSR count). The van der Waals surface area contributed by atoms with Crippen LogP contribution >= 0.6 is 11.8 Å². The topological polar surface area (TPSA) is 76.1 Å². The number of likely N-dealkylation sites (tertiary alicyclic amines) is 2. The van der Waals surface area contributed by atoms with Gasteiger partial charge in [0.25, 0.3) is 0 Å². The molecule has 2 N–H and O–H groups in total. The molecular formula is C24H32FN7S. The zero-order valence-electron chi connectivity index (χ0n) is 19.2. The van der Waals surface area contributed by atoms with Crippen molar-refractivity contribution in [2.75, 3.05) is 44.7 Å². The lowest BCUT2D eigenvalue weighted by Gasteiger charge is -2.38. The minimum Gasteiger partial charge on any atom is -0.368 e. The highest BCUT2D eigenvalue weighted by atomic mass is 32.2. The van der Waals surface area contributed by atoms with Crippen molar-refractivity contribution in [1.82, 2.24) is 29.3 Å². The maximum atomic E-state index is 13.7. The standard InChI is InChI=1S/C24H32FN7S/c1-33-24-29-21-12-19(25)2-3-22(21)32(24)20-6-10-31(11-7-20)15-17-4-8-30(9-5-17)16-18-13-27-23(26)28-14-18/h2-3,12-14,17,20H,4-11,15-16H2,1H3,(H2,26,27,28). The fourth-order valence-corrected chi connectivity index (χ4v) is 5.94. The van der Waals surface area contributed by atoms with Gasteiger partial charge in [-0.1, -0.05) is 11.8 Å². The van der Waals surface area contributed by atoms with Crippen LogP contribution in [-0.2, 0) is 6.54 Å². The van der Waals surface area contributed by atoms with Gasteiger partial charge in [0, 0.05) is 56.2 Å². The average Bonchev–Trinajstić information content (AvgIpc) is 3.20. The predicted molar refractivity (Wildman–Crippen MR) is 131 cm³/mol. The largest absolute Gasteiger partial charge is 0.368 e. The highest BCUT2D eigenvalue weighted by Gasteiger charge is 2.27. The molecule has 2 fully saturated rings.